The minimum atomic E-state index is 0.696. The quantitative estimate of drug-likeness (QED) is 0.213. The van der Waals surface area contributed by atoms with E-state index < -0.39 is 0 Å². The van der Waals surface area contributed by atoms with Crippen molar-refractivity contribution in [2.24, 2.45) is 10.2 Å². The van der Waals surface area contributed by atoms with Crippen LogP contribution in [0.3, 0.4) is 0 Å². The molecular formula is C26H39N7+2. The number of azo groups is 1. The van der Waals surface area contributed by atoms with Crippen LogP contribution >= 0.6 is 0 Å². The van der Waals surface area contributed by atoms with E-state index in [9.17, 15) is 0 Å². The highest BCUT2D eigenvalue weighted by Gasteiger charge is 2.38. The Morgan fingerprint density at radius 2 is 1.76 bits per heavy atom. The molecule has 3 aliphatic rings. The first kappa shape index (κ1) is 23.4. The highest BCUT2D eigenvalue weighted by molar-refractivity contribution is 5.52. The summed E-state index contributed by atoms with van der Waals surface area (Å²) in [7, 11) is 0. The number of allylic oxidation sites excluding steroid dienone is 2. The Bertz CT molecular complexity index is 910. The Hall–Kier alpha value is -2.77. The molecule has 7 heteroatoms. The lowest BCUT2D eigenvalue weighted by Gasteiger charge is -2.51. The molecule has 5 rings (SSSR count). The van der Waals surface area contributed by atoms with Crippen LogP contribution in [0, 0.1) is 0 Å². The Balaban J connectivity index is 1.43. The van der Waals surface area contributed by atoms with Gasteiger partial charge in [-0.15, -0.1) is 0 Å². The second-order valence-electron chi connectivity index (χ2n) is 9.26. The van der Waals surface area contributed by atoms with Crippen LogP contribution in [0.2, 0.25) is 0 Å². The van der Waals surface area contributed by atoms with Crippen LogP contribution in [0.25, 0.3) is 0 Å². The first-order chi connectivity index (χ1) is 16.2. The van der Waals surface area contributed by atoms with Gasteiger partial charge in [0.2, 0.25) is 0 Å². The molecule has 0 N–H and O–H groups in total. The van der Waals surface area contributed by atoms with Crippen LogP contribution in [0.1, 0.15) is 13.3 Å². The number of fused-ring (bicyclic) bond motifs is 3. The maximum Gasteiger partial charge on any atom is 0.422 e. The molecule has 33 heavy (non-hydrogen) atoms. The number of hydrogen-bond donors (Lipinski definition) is 0. The number of benzene rings is 1. The van der Waals surface area contributed by atoms with E-state index in [1.807, 2.05) is 33.7 Å². The van der Waals surface area contributed by atoms with Crippen LogP contribution in [0.4, 0.5) is 17.3 Å². The Kier molecular flexibility index (Phi) is 7.73. The summed E-state index contributed by atoms with van der Waals surface area (Å²) in [6.45, 7) is 22.6. The molecule has 1 aromatic heterocycles. The van der Waals surface area contributed by atoms with Gasteiger partial charge in [0, 0.05) is 37.0 Å². The molecule has 7 nitrogen and oxygen atoms in total. The molecule has 2 aromatic rings. The van der Waals surface area contributed by atoms with E-state index in [2.05, 4.69) is 64.4 Å². The summed E-state index contributed by atoms with van der Waals surface area (Å²) in [5, 5.41) is 9.06. The van der Waals surface area contributed by atoms with Crippen molar-refractivity contribution in [2.75, 3.05) is 63.8 Å². The summed E-state index contributed by atoms with van der Waals surface area (Å²) in [4.78, 5) is 5.16. The fourth-order valence-electron chi connectivity index (χ4n) is 5.01. The van der Waals surface area contributed by atoms with E-state index in [4.69, 9.17) is 0 Å². The second-order valence-corrected chi connectivity index (χ2v) is 9.26. The van der Waals surface area contributed by atoms with Crippen molar-refractivity contribution in [2.45, 2.75) is 26.4 Å². The van der Waals surface area contributed by atoms with Gasteiger partial charge in [-0.2, -0.15) is 0 Å². The van der Waals surface area contributed by atoms with Crippen molar-refractivity contribution < 1.29 is 9.05 Å². The highest BCUT2D eigenvalue weighted by atomic mass is 15.5. The van der Waals surface area contributed by atoms with E-state index in [1.54, 1.807) is 0 Å². The van der Waals surface area contributed by atoms with E-state index >= 15 is 0 Å². The summed E-state index contributed by atoms with van der Waals surface area (Å²) < 4.78 is 5.37. The molecule has 0 amide bonds. The van der Waals surface area contributed by atoms with E-state index in [-0.39, 0.29) is 0 Å². The lowest BCUT2D eigenvalue weighted by molar-refractivity contribution is -0.939. The number of rotatable bonds is 12. The maximum absolute atomic E-state index is 4.54. The summed E-state index contributed by atoms with van der Waals surface area (Å²) >= 11 is 0. The van der Waals surface area contributed by atoms with Gasteiger partial charge in [0.05, 0.1) is 58.2 Å². The average Bonchev–Trinajstić information content (AvgIpc) is 3.23. The van der Waals surface area contributed by atoms with Gasteiger partial charge in [0.25, 0.3) is 0 Å². The third-order valence-electron chi connectivity index (χ3n) is 7.07. The number of hydrogen-bond acceptors (Lipinski definition) is 4. The van der Waals surface area contributed by atoms with Crippen LogP contribution in [-0.4, -0.2) is 72.9 Å². The number of piperazine rings is 3. The molecule has 3 aliphatic heterocycles. The lowest BCUT2D eigenvalue weighted by atomic mass is 10.1. The fourth-order valence-corrected chi connectivity index (χ4v) is 5.01. The average molecular weight is 450 g/mol. The van der Waals surface area contributed by atoms with Crippen LogP contribution in [0.5, 0.6) is 0 Å². The molecule has 176 valence electrons. The van der Waals surface area contributed by atoms with E-state index in [0.717, 1.165) is 31.1 Å². The number of quaternary nitrogens is 1. The topological polar surface area (TPSA) is 40.0 Å². The molecule has 0 spiro atoms. The van der Waals surface area contributed by atoms with Crippen molar-refractivity contribution in [3.63, 3.8) is 0 Å². The molecule has 4 heterocycles. The first-order valence-electron chi connectivity index (χ1n) is 12.3. The van der Waals surface area contributed by atoms with Crippen molar-refractivity contribution in [1.29, 1.82) is 0 Å². The molecule has 3 saturated heterocycles. The lowest BCUT2D eigenvalue weighted by Crippen LogP contribution is -2.68. The number of nitrogens with zero attached hydrogens (tertiary/aromatic N) is 7. The summed E-state index contributed by atoms with van der Waals surface area (Å²) in [5.74, 6) is 0.794. The molecule has 0 aliphatic carbocycles. The van der Waals surface area contributed by atoms with Gasteiger partial charge >= 0.3 is 5.95 Å². The van der Waals surface area contributed by atoms with Crippen molar-refractivity contribution in [1.82, 2.24) is 9.47 Å². The molecular weight excluding hydrogens is 410 g/mol. The molecule has 0 atom stereocenters. The zero-order valence-electron chi connectivity index (χ0n) is 20.1. The van der Waals surface area contributed by atoms with Crippen molar-refractivity contribution >= 4 is 17.3 Å². The predicted molar refractivity (Wildman–Crippen MR) is 134 cm³/mol. The SMILES string of the molecule is C=CCn1cc[n+](CC=C)c1/N=N/c1ccc(N(CCC)CC[N+]23CCN(CC2)CC3)cc1. The van der Waals surface area contributed by atoms with Crippen LogP contribution in [0.15, 0.2) is 72.2 Å². The molecule has 3 fully saturated rings. The minimum absolute atomic E-state index is 0.696. The zero-order chi connectivity index (χ0) is 23.1. The Morgan fingerprint density at radius 1 is 1.03 bits per heavy atom. The fraction of sp³-hybridized carbons (Fsp3) is 0.500. The van der Waals surface area contributed by atoms with Crippen LogP contribution < -0.4 is 9.47 Å². The third-order valence-corrected chi connectivity index (χ3v) is 7.07. The van der Waals surface area contributed by atoms with Gasteiger partial charge in [0.15, 0.2) is 0 Å². The number of anilines is 1. The van der Waals surface area contributed by atoms with E-state index in [1.165, 1.54) is 56.0 Å². The largest absolute Gasteiger partial charge is 0.422 e. The van der Waals surface area contributed by atoms with Gasteiger partial charge in [-0.25, -0.2) is 9.13 Å². The normalized spacial score (nSPS) is 22.0. The van der Waals surface area contributed by atoms with Crippen molar-refractivity contribution in [3.8, 4) is 0 Å². The smallest absolute Gasteiger partial charge is 0.366 e. The summed E-state index contributed by atoms with van der Waals surface area (Å²) in [6.07, 6.45) is 8.88. The first-order valence-corrected chi connectivity index (χ1v) is 12.3. The summed E-state index contributed by atoms with van der Waals surface area (Å²) in [6, 6.07) is 8.54. The summed E-state index contributed by atoms with van der Waals surface area (Å²) in [5.41, 5.74) is 2.14. The minimum Gasteiger partial charge on any atom is -0.366 e. The van der Waals surface area contributed by atoms with Gasteiger partial charge in [-0.05, 0) is 30.7 Å². The molecule has 0 saturated carbocycles. The van der Waals surface area contributed by atoms with E-state index in [0.29, 0.717) is 13.1 Å². The molecule has 2 bridgehead atoms. The highest BCUT2D eigenvalue weighted by Crippen LogP contribution is 2.24. The number of imidazole rings is 1. The van der Waals surface area contributed by atoms with Gasteiger partial charge < -0.3 is 9.38 Å². The zero-order valence-corrected chi connectivity index (χ0v) is 20.1. The monoisotopic (exact) mass is 449 g/mol. The van der Waals surface area contributed by atoms with Gasteiger partial charge in [-0.1, -0.05) is 37.3 Å². The standard InChI is InChI=1S/C26H39N7/c1-4-11-30(19-23-33-20-16-29(17-21-33)18-22-33)25-9-7-24(8-10-25)27-28-26-31(12-5-2)14-15-32(26)13-6-3/h5-10,14-15H,2-4,11-13,16-23H2,1H3/q+2. The van der Waals surface area contributed by atoms with Crippen LogP contribution in [-0.2, 0) is 13.1 Å². The molecule has 1 aromatic carbocycles. The molecule has 0 unspecified atom stereocenters. The number of aromatic nitrogens is 2. The third kappa shape index (κ3) is 5.60. The Morgan fingerprint density at radius 3 is 2.39 bits per heavy atom. The van der Waals surface area contributed by atoms with Gasteiger partial charge in [-0.3, -0.25) is 4.90 Å². The second kappa shape index (κ2) is 10.9. The van der Waals surface area contributed by atoms with Gasteiger partial charge in [0.1, 0.15) is 5.69 Å². The molecule has 0 radical (unpaired) electrons. The predicted octanol–water partition coefficient (Wildman–Crippen LogP) is 3.93. The van der Waals surface area contributed by atoms with Crippen molar-refractivity contribution in [3.05, 3.63) is 62.0 Å². The maximum atomic E-state index is 4.54. The Labute approximate surface area is 198 Å².